The molecular formula is C13H18N6. The van der Waals surface area contributed by atoms with Crippen molar-refractivity contribution in [3.05, 3.63) is 5.69 Å². The van der Waals surface area contributed by atoms with Crippen LogP contribution in [0.25, 0.3) is 11.0 Å². The molecule has 2 aromatic rings. The molecular weight excluding hydrogens is 240 g/mol. The lowest BCUT2D eigenvalue weighted by Gasteiger charge is -2.45. The van der Waals surface area contributed by atoms with Gasteiger partial charge in [-0.25, -0.2) is 0 Å². The van der Waals surface area contributed by atoms with E-state index in [1.165, 1.54) is 18.5 Å². The van der Waals surface area contributed by atoms with Gasteiger partial charge in [-0.05, 0) is 18.8 Å². The summed E-state index contributed by atoms with van der Waals surface area (Å²) in [4.78, 5) is 11.1. The second-order valence-corrected chi connectivity index (χ2v) is 5.93. The summed E-state index contributed by atoms with van der Waals surface area (Å²) in [6.45, 7) is 5.61. The standard InChI is InChI=1S/C13H18N6/c1-6-3-4-8-7(2)10-9-11(18-17-10)15-13(14)16-12(9)19(8)5-6/h6-8H,3-5H2,1-2H3,(H3,14,15,16,17,18). The van der Waals surface area contributed by atoms with Crippen molar-refractivity contribution in [3.8, 4) is 0 Å². The number of nitrogens with zero attached hydrogens (tertiary/aromatic N) is 4. The van der Waals surface area contributed by atoms with E-state index in [1.807, 2.05) is 0 Å². The van der Waals surface area contributed by atoms with Gasteiger partial charge < -0.3 is 10.6 Å². The normalized spacial score (nSPS) is 29.6. The number of hydrogen-bond donors (Lipinski definition) is 2. The second-order valence-electron chi connectivity index (χ2n) is 5.93. The first kappa shape index (κ1) is 11.0. The first-order valence-electron chi connectivity index (χ1n) is 6.93. The lowest BCUT2D eigenvalue weighted by Crippen LogP contribution is -2.48. The third-order valence-corrected chi connectivity index (χ3v) is 4.61. The van der Waals surface area contributed by atoms with E-state index in [4.69, 9.17) is 5.73 Å². The number of fused-ring (bicyclic) bond motifs is 2. The number of H-pyrrole nitrogens is 1. The third-order valence-electron chi connectivity index (χ3n) is 4.61. The Kier molecular flexibility index (Phi) is 2.08. The van der Waals surface area contributed by atoms with Crippen LogP contribution in [0.3, 0.4) is 0 Å². The summed E-state index contributed by atoms with van der Waals surface area (Å²) in [5, 5.41) is 8.50. The topological polar surface area (TPSA) is 83.7 Å². The molecule has 6 heteroatoms. The Balaban J connectivity index is 1.98. The molecule has 2 aliphatic rings. The van der Waals surface area contributed by atoms with Crippen LogP contribution in [0.5, 0.6) is 0 Å². The Morgan fingerprint density at radius 3 is 2.95 bits per heavy atom. The van der Waals surface area contributed by atoms with Crippen LogP contribution < -0.4 is 10.6 Å². The zero-order valence-corrected chi connectivity index (χ0v) is 11.2. The summed E-state index contributed by atoms with van der Waals surface area (Å²) < 4.78 is 0. The fourth-order valence-electron chi connectivity index (χ4n) is 3.61. The highest BCUT2D eigenvalue weighted by molar-refractivity contribution is 5.92. The van der Waals surface area contributed by atoms with Crippen LogP contribution in [0.4, 0.5) is 11.8 Å². The number of hydrogen-bond acceptors (Lipinski definition) is 5. The van der Waals surface area contributed by atoms with Crippen LogP contribution in [0.2, 0.25) is 0 Å². The quantitative estimate of drug-likeness (QED) is 0.750. The number of rotatable bonds is 0. The molecule has 0 spiro atoms. The number of aromatic amines is 1. The second kappa shape index (κ2) is 3.59. The van der Waals surface area contributed by atoms with Crippen molar-refractivity contribution in [2.24, 2.45) is 5.92 Å². The SMILES string of the molecule is CC1CCC2C(C)c3[nH]nc4nc(N)nc(c34)N2C1. The minimum atomic E-state index is 0.312. The molecule has 0 amide bonds. The van der Waals surface area contributed by atoms with Gasteiger partial charge in [0.05, 0.1) is 11.1 Å². The number of nitrogens with one attached hydrogen (secondary N) is 1. The van der Waals surface area contributed by atoms with Gasteiger partial charge >= 0.3 is 0 Å². The minimum absolute atomic E-state index is 0.312. The van der Waals surface area contributed by atoms with Gasteiger partial charge in [0.15, 0.2) is 5.65 Å². The van der Waals surface area contributed by atoms with Crippen molar-refractivity contribution in [1.82, 2.24) is 20.2 Å². The molecule has 6 nitrogen and oxygen atoms in total. The predicted molar refractivity (Wildman–Crippen MR) is 74.0 cm³/mol. The molecule has 3 atom stereocenters. The van der Waals surface area contributed by atoms with Crippen molar-refractivity contribution < 1.29 is 0 Å². The van der Waals surface area contributed by atoms with Crippen LogP contribution in [0.1, 0.15) is 38.3 Å². The summed E-state index contributed by atoms with van der Waals surface area (Å²) in [5.41, 5.74) is 7.68. The van der Waals surface area contributed by atoms with Crippen LogP contribution in [0.15, 0.2) is 0 Å². The number of aromatic nitrogens is 4. The van der Waals surface area contributed by atoms with E-state index in [9.17, 15) is 0 Å². The highest BCUT2D eigenvalue weighted by Crippen LogP contribution is 2.43. The molecule has 1 saturated heterocycles. The zero-order valence-electron chi connectivity index (χ0n) is 11.2. The molecule has 2 aromatic heterocycles. The molecule has 2 aliphatic heterocycles. The van der Waals surface area contributed by atoms with Crippen LogP contribution in [-0.4, -0.2) is 32.8 Å². The Hall–Kier alpha value is -1.85. The van der Waals surface area contributed by atoms with Crippen molar-refractivity contribution in [1.29, 1.82) is 0 Å². The first-order valence-corrected chi connectivity index (χ1v) is 6.93. The number of nitrogens with two attached hydrogens (primary N) is 1. The van der Waals surface area contributed by atoms with Crippen LogP contribution in [0, 0.1) is 5.92 Å². The molecule has 0 saturated carbocycles. The number of anilines is 2. The summed E-state index contributed by atoms with van der Waals surface area (Å²) in [6.07, 6.45) is 2.48. The summed E-state index contributed by atoms with van der Waals surface area (Å²) in [7, 11) is 0. The first-order chi connectivity index (χ1) is 9.15. The van der Waals surface area contributed by atoms with E-state index in [-0.39, 0.29) is 0 Å². The van der Waals surface area contributed by atoms with Gasteiger partial charge in [0.1, 0.15) is 5.82 Å². The van der Waals surface area contributed by atoms with Crippen molar-refractivity contribution in [3.63, 3.8) is 0 Å². The lowest BCUT2D eigenvalue weighted by atomic mass is 9.82. The maximum atomic E-state index is 5.82. The van der Waals surface area contributed by atoms with Gasteiger partial charge in [0.25, 0.3) is 0 Å². The van der Waals surface area contributed by atoms with E-state index in [1.54, 1.807) is 0 Å². The molecule has 3 N–H and O–H groups in total. The van der Waals surface area contributed by atoms with Gasteiger partial charge in [-0.1, -0.05) is 13.8 Å². The Morgan fingerprint density at radius 2 is 2.11 bits per heavy atom. The molecule has 19 heavy (non-hydrogen) atoms. The van der Waals surface area contributed by atoms with Crippen molar-refractivity contribution in [2.45, 2.75) is 38.6 Å². The fraction of sp³-hybridized carbons (Fsp3) is 0.615. The lowest BCUT2D eigenvalue weighted by molar-refractivity contribution is 0.341. The summed E-state index contributed by atoms with van der Waals surface area (Å²) in [6, 6.07) is 0.502. The Bertz CT molecular complexity index is 648. The summed E-state index contributed by atoms with van der Waals surface area (Å²) >= 11 is 0. The molecule has 3 unspecified atom stereocenters. The van der Waals surface area contributed by atoms with Crippen molar-refractivity contribution in [2.75, 3.05) is 17.2 Å². The van der Waals surface area contributed by atoms with E-state index >= 15 is 0 Å². The molecule has 0 radical (unpaired) electrons. The fourth-order valence-corrected chi connectivity index (χ4v) is 3.61. The van der Waals surface area contributed by atoms with Gasteiger partial charge in [-0.2, -0.15) is 15.1 Å². The minimum Gasteiger partial charge on any atom is -0.368 e. The summed E-state index contributed by atoms with van der Waals surface area (Å²) in [5.74, 6) is 2.42. The Labute approximate surface area is 111 Å². The molecule has 100 valence electrons. The average Bonchev–Trinajstić information content (AvgIpc) is 2.79. The maximum Gasteiger partial charge on any atom is 0.224 e. The highest BCUT2D eigenvalue weighted by atomic mass is 15.3. The Morgan fingerprint density at radius 1 is 1.26 bits per heavy atom. The zero-order chi connectivity index (χ0) is 13.1. The van der Waals surface area contributed by atoms with E-state index < -0.39 is 0 Å². The number of nitrogen functional groups attached to an aromatic ring is 1. The van der Waals surface area contributed by atoms with E-state index in [2.05, 4.69) is 38.9 Å². The van der Waals surface area contributed by atoms with Crippen LogP contribution in [-0.2, 0) is 0 Å². The van der Waals surface area contributed by atoms with E-state index in [0.717, 1.165) is 17.7 Å². The molecule has 4 rings (SSSR count). The van der Waals surface area contributed by atoms with Gasteiger partial charge in [0.2, 0.25) is 5.95 Å². The molecule has 1 fully saturated rings. The average molecular weight is 258 g/mol. The number of piperidine rings is 1. The monoisotopic (exact) mass is 258 g/mol. The van der Waals surface area contributed by atoms with Gasteiger partial charge in [0, 0.05) is 18.5 Å². The predicted octanol–water partition coefficient (Wildman–Crippen LogP) is 1.66. The van der Waals surface area contributed by atoms with E-state index in [0.29, 0.717) is 29.5 Å². The van der Waals surface area contributed by atoms with Gasteiger partial charge in [-0.15, -0.1) is 0 Å². The van der Waals surface area contributed by atoms with Crippen LogP contribution >= 0.6 is 0 Å². The maximum absolute atomic E-state index is 5.82. The van der Waals surface area contributed by atoms with Crippen molar-refractivity contribution >= 4 is 22.8 Å². The largest absolute Gasteiger partial charge is 0.368 e. The third kappa shape index (κ3) is 1.39. The highest BCUT2D eigenvalue weighted by Gasteiger charge is 2.39. The molecule has 0 bridgehead atoms. The van der Waals surface area contributed by atoms with Gasteiger partial charge in [-0.3, -0.25) is 5.10 Å². The molecule has 4 heterocycles. The smallest absolute Gasteiger partial charge is 0.224 e. The molecule has 0 aliphatic carbocycles. The molecule has 0 aromatic carbocycles.